The van der Waals surface area contributed by atoms with Crippen LogP contribution in [0.2, 0.25) is 5.02 Å². The maximum absolute atomic E-state index is 12.3. The third-order valence-electron chi connectivity index (χ3n) is 3.30. The van der Waals surface area contributed by atoms with E-state index in [-0.39, 0.29) is 17.7 Å². The Labute approximate surface area is 150 Å². The van der Waals surface area contributed by atoms with Crippen LogP contribution in [0.1, 0.15) is 29.8 Å². The normalized spacial score (nSPS) is 10.0. The van der Waals surface area contributed by atoms with E-state index in [1.165, 1.54) is 13.8 Å². The standard InChI is InChI=1S/C18H18ClN3O3/c1-11(23)20-10-13-3-5-14(6-4-13)18(25)22-15-7-8-17(16(19)9-15)21-12(2)24/h3-9H,10H2,1-2H3,(H,20,23)(H,21,24)(H,22,25). The number of halogens is 1. The van der Waals surface area contributed by atoms with E-state index in [0.717, 1.165) is 5.56 Å². The molecule has 0 aliphatic heterocycles. The van der Waals surface area contributed by atoms with Gasteiger partial charge in [0.2, 0.25) is 11.8 Å². The van der Waals surface area contributed by atoms with Gasteiger partial charge in [0.1, 0.15) is 0 Å². The lowest BCUT2D eigenvalue weighted by Crippen LogP contribution is -2.19. The van der Waals surface area contributed by atoms with Gasteiger partial charge in [-0.1, -0.05) is 23.7 Å². The molecule has 3 amide bonds. The number of amides is 3. The first-order valence-electron chi connectivity index (χ1n) is 7.57. The zero-order chi connectivity index (χ0) is 18.4. The Hall–Kier alpha value is -2.86. The van der Waals surface area contributed by atoms with Gasteiger partial charge in [-0.2, -0.15) is 0 Å². The first kappa shape index (κ1) is 18.5. The van der Waals surface area contributed by atoms with Crippen LogP contribution in [-0.4, -0.2) is 17.7 Å². The zero-order valence-electron chi connectivity index (χ0n) is 13.9. The monoisotopic (exact) mass is 359 g/mol. The third kappa shape index (κ3) is 5.61. The van der Waals surface area contributed by atoms with Gasteiger partial charge in [-0.3, -0.25) is 14.4 Å². The van der Waals surface area contributed by atoms with Gasteiger partial charge >= 0.3 is 0 Å². The molecule has 3 N–H and O–H groups in total. The molecule has 0 bridgehead atoms. The number of rotatable bonds is 5. The molecule has 6 nitrogen and oxygen atoms in total. The summed E-state index contributed by atoms with van der Waals surface area (Å²) in [6.07, 6.45) is 0. The molecule has 25 heavy (non-hydrogen) atoms. The fourth-order valence-corrected chi connectivity index (χ4v) is 2.32. The van der Waals surface area contributed by atoms with Crippen molar-refractivity contribution in [3.63, 3.8) is 0 Å². The summed E-state index contributed by atoms with van der Waals surface area (Å²) in [7, 11) is 0. The Morgan fingerprint density at radius 1 is 0.920 bits per heavy atom. The first-order valence-corrected chi connectivity index (χ1v) is 7.95. The maximum Gasteiger partial charge on any atom is 0.255 e. The van der Waals surface area contributed by atoms with E-state index < -0.39 is 0 Å². The summed E-state index contributed by atoms with van der Waals surface area (Å²) in [4.78, 5) is 34.2. The topological polar surface area (TPSA) is 87.3 Å². The van der Waals surface area contributed by atoms with Crippen molar-refractivity contribution in [2.45, 2.75) is 20.4 Å². The molecule has 0 aliphatic rings. The number of hydrogen-bond acceptors (Lipinski definition) is 3. The van der Waals surface area contributed by atoms with E-state index in [4.69, 9.17) is 11.6 Å². The summed E-state index contributed by atoms with van der Waals surface area (Å²) in [6.45, 7) is 3.25. The predicted molar refractivity (Wildman–Crippen MR) is 97.7 cm³/mol. The molecule has 0 fully saturated rings. The van der Waals surface area contributed by atoms with Crippen molar-refractivity contribution >= 4 is 40.7 Å². The highest BCUT2D eigenvalue weighted by Crippen LogP contribution is 2.25. The average Bonchev–Trinajstić information content (AvgIpc) is 2.55. The van der Waals surface area contributed by atoms with Crippen molar-refractivity contribution in [2.75, 3.05) is 10.6 Å². The smallest absolute Gasteiger partial charge is 0.255 e. The van der Waals surface area contributed by atoms with Crippen molar-refractivity contribution in [3.8, 4) is 0 Å². The van der Waals surface area contributed by atoms with Crippen LogP contribution in [-0.2, 0) is 16.1 Å². The average molecular weight is 360 g/mol. The van der Waals surface area contributed by atoms with Crippen molar-refractivity contribution in [1.82, 2.24) is 5.32 Å². The minimum absolute atomic E-state index is 0.110. The molecule has 0 heterocycles. The van der Waals surface area contributed by atoms with Gasteiger partial charge in [0.05, 0.1) is 10.7 Å². The number of anilines is 2. The summed E-state index contributed by atoms with van der Waals surface area (Å²) >= 11 is 6.08. The molecule has 0 unspecified atom stereocenters. The van der Waals surface area contributed by atoms with Gasteiger partial charge < -0.3 is 16.0 Å². The van der Waals surface area contributed by atoms with E-state index in [0.29, 0.717) is 28.5 Å². The molecule has 0 radical (unpaired) electrons. The molecular weight excluding hydrogens is 342 g/mol. The summed E-state index contributed by atoms with van der Waals surface area (Å²) < 4.78 is 0. The molecule has 2 rings (SSSR count). The first-order chi connectivity index (χ1) is 11.8. The Bertz CT molecular complexity index is 804. The number of benzene rings is 2. The van der Waals surface area contributed by atoms with Crippen molar-refractivity contribution in [3.05, 3.63) is 58.6 Å². The van der Waals surface area contributed by atoms with Gasteiger partial charge in [0, 0.05) is 31.6 Å². The lowest BCUT2D eigenvalue weighted by molar-refractivity contribution is -0.119. The summed E-state index contributed by atoms with van der Waals surface area (Å²) in [5.74, 6) is -0.617. The molecule has 2 aromatic carbocycles. The highest BCUT2D eigenvalue weighted by atomic mass is 35.5. The zero-order valence-corrected chi connectivity index (χ0v) is 14.6. The van der Waals surface area contributed by atoms with Gasteiger partial charge in [0.25, 0.3) is 5.91 Å². The molecule has 2 aromatic rings. The van der Waals surface area contributed by atoms with Gasteiger partial charge in [-0.05, 0) is 35.9 Å². The minimum Gasteiger partial charge on any atom is -0.352 e. The Morgan fingerprint density at radius 3 is 2.16 bits per heavy atom. The lowest BCUT2D eigenvalue weighted by Gasteiger charge is -2.09. The van der Waals surface area contributed by atoms with Crippen LogP contribution in [0.3, 0.4) is 0 Å². The number of nitrogens with one attached hydrogen (secondary N) is 3. The number of hydrogen-bond donors (Lipinski definition) is 3. The second-order valence-corrected chi connectivity index (χ2v) is 5.84. The molecule has 7 heteroatoms. The quantitative estimate of drug-likeness (QED) is 0.766. The van der Waals surface area contributed by atoms with Gasteiger partial charge in [-0.25, -0.2) is 0 Å². The Balaban J connectivity index is 2.02. The van der Waals surface area contributed by atoms with Crippen LogP contribution >= 0.6 is 11.6 Å². The largest absolute Gasteiger partial charge is 0.352 e. The lowest BCUT2D eigenvalue weighted by atomic mass is 10.1. The van der Waals surface area contributed by atoms with E-state index in [1.807, 2.05) is 0 Å². The van der Waals surface area contributed by atoms with Crippen LogP contribution in [0.25, 0.3) is 0 Å². The molecule has 0 saturated carbocycles. The highest BCUT2D eigenvalue weighted by molar-refractivity contribution is 6.34. The SMILES string of the molecule is CC(=O)NCc1ccc(C(=O)Nc2ccc(NC(C)=O)c(Cl)c2)cc1. The fourth-order valence-electron chi connectivity index (χ4n) is 2.09. The van der Waals surface area contributed by atoms with E-state index in [2.05, 4.69) is 16.0 Å². The van der Waals surface area contributed by atoms with E-state index in [1.54, 1.807) is 42.5 Å². The number of carbonyl (C=O) groups is 3. The third-order valence-corrected chi connectivity index (χ3v) is 3.61. The van der Waals surface area contributed by atoms with E-state index >= 15 is 0 Å². The van der Waals surface area contributed by atoms with Gasteiger partial charge in [-0.15, -0.1) is 0 Å². The minimum atomic E-state index is -0.283. The molecule has 0 saturated heterocycles. The van der Waals surface area contributed by atoms with Gasteiger partial charge in [0.15, 0.2) is 0 Å². The summed E-state index contributed by atoms with van der Waals surface area (Å²) in [6, 6.07) is 11.8. The van der Waals surface area contributed by atoms with Crippen LogP contribution in [0.15, 0.2) is 42.5 Å². The van der Waals surface area contributed by atoms with E-state index in [9.17, 15) is 14.4 Å². The molecule has 0 aliphatic carbocycles. The maximum atomic E-state index is 12.3. The molecule has 0 aromatic heterocycles. The second-order valence-electron chi connectivity index (χ2n) is 5.44. The van der Waals surface area contributed by atoms with Crippen molar-refractivity contribution in [2.24, 2.45) is 0 Å². The second kappa shape index (κ2) is 8.30. The molecule has 0 spiro atoms. The van der Waals surface area contributed by atoms with Crippen molar-refractivity contribution < 1.29 is 14.4 Å². The van der Waals surface area contributed by atoms with Crippen LogP contribution in [0, 0.1) is 0 Å². The fraction of sp³-hybridized carbons (Fsp3) is 0.167. The summed E-state index contributed by atoms with van der Waals surface area (Å²) in [5, 5.41) is 8.36. The van der Waals surface area contributed by atoms with Crippen LogP contribution < -0.4 is 16.0 Å². The van der Waals surface area contributed by atoms with Crippen molar-refractivity contribution in [1.29, 1.82) is 0 Å². The summed E-state index contributed by atoms with van der Waals surface area (Å²) in [5.41, 5.74) is 2.38. The predicted octanol–water partition coefficient (Wildman–Crippen LogP) is 3.19. The van der Waals surface area contributed by atoms with Crippen LogP contribution in [0.4, 0.5) is 11.4 Å². The molecule has 130 valence electrons. The molecular formula is C18H18ClN3O3. The Morgan fingerprint density at radius 2 is 1.60 bits per heavy atom. The highest BCUT2D eigenvalue weighted by Gasteiger charge is 2.09. The van der Waals surface area contributed by atoms with Crippen LogP contribution in [0.5, 0.6) is 0 Å². The number of carbonyl (C=O) groups excluding carboxylic acids is 3. The molecule has 0 atom stereocenters. The Kier molecular flexibility index (Phi) is 6.14.